The lowest BCUT2D eigenvalue weighted by atomic mass is 9.27. The third kappa shape index (κ3) is 6.08. The fraction of sp³-hybridized carbons (Fsp3) is 0.500. The molecule has 0 spiro atoms. The molecule has 0 aliphatic carbocycles. The summed E-state index contributed by atoms with van der Waals surface area (Å²) in [5, 5.41) is 15.2. The van der Waals surface area contributed by atoms with Crippen LogP contribution in [0.25, 0.3) is 0 Å². The highest BCUT2D eigenvalue weighted by molar-refractivity contribution is 6.60. The summed E-state index contributed by atoms with van der Waals surface area (Å²) in [6.45, 7) is 10.4. The van der Waals surface area contributed by atoms with E-state index in [-0.39, 0.29) is 30.1 Å². The number of ether oxygens (including phenoxy) is 1. The molecule has 2 heterocycles. The van der Waals surface area contributed by atoms with Gasteiger partial charge in [0.05, 0.1) is 17.7 Å². The third-order valence-corrected chi connectivity index (χ3v) is 9.43. The number of hydrogen-bond acceptors (Lipinski definition) is 7. The first-order chi connectivity index (χ1) is 20.3. The van der Waals surface area contributed by atoms with Crippen LogP contribution in [-0.4, -0.2) is 101 Å². The van der Waals surface area contributed by atoms with Crippen molar-refractivity contribution in [1.29, 1.82) is 0 Å². The Kier molecular flexibility index (Phi) is 8.98. The van der Waals surface area contributed by atoms with E-state index in [1.807, 2.05) is 6.07 Å². The smallest absolute Gasteiger partial charge is 0.272 e. The Bertz CT molecular complexity index is 1450. The number of nitrogens with zero attached hydrogens (tertiary/aromatic N) is 2. The normalized spacial score (nSPS) is 19.6. The van der Waals surface area contributed by atoms with E-state index in [9.17, 15) is 19.5 Å². The van der Waals surface area contributed by atoms with Crippen LogP contribution in [0.1, 0.15) is 54.7 Å². The molecule has 9 nitrogen and oxygen atoms in total. The van der Waals surface area contributed by atoms with Crippen LogP contribution < -0.4 is 10.6 Å². The summed E-state index contributed by atoms with van der Waals surface area (Å²) in [5.74, 6) is -1.66. The van der Waals surface area contributed by atoms with E-state index in [0.717, 1.165) is 23.6 Å². The molecule has 0 saturated carbocycles. The van der Waals surface area contributed by atoms with Crippen molar-refractivity contribution in [3.63, 3.8) is 0 Å². The number of halogens is 1. The Hall–Kier alpha value is -3.08. The number of carbonyl (C=O) groups excluding carboxylic acids is 3. The zero-order chi connectivity index (χ0) is 32.9. The van der Waals surface area contributed by atoms with Crippen LogP contribution in [0.15, 0.2) is 36.4 Å². The summed E-state index contributed by atoms with van der Waals surface area (Å²) in [4.78, 5) is 42.4. The van der Waals surface area contributed by atoms with Crippen LogP contribution in [-0.2, 0) is 34.0 Å². The van der Waals surface area contributed by atoms with Crippen LogP contribution in [0.3, 0.4) is 0 Å². The van der Waals surface area contributed by atoms with E-state index in [2.05, 4.69) is 43.2 Å². The molecule has 3 N–H and O–H groups in total. The van der Waals surface area contributed by atoms with Gasteiger partial charge in [-0.15, -0.1) is 0 Å². The molecule has 2 aliphatic rings. The van der Waals surface area contributed by atoms with Crippen LogP contribution in [0.5, 0.6) is 0 Å². The minimum atomic E-state index is -2.34. The molecule has 2 aromatic rings. The van der Waals surface area contributed by atoms with Gasteiger partial charge in [-0.3, -0.25) is 19.4 Å². The molecule has 2 aromatic carbocycles. The van der Waals surface area contributed by atoms with Crippen LogP contribution in [0.4, 0.5) is 10.1 Å². The van der Waals surface area contributed by atoms with E-state index < -0.39 is 28.0 Å². The van der Waals surface area contributed by atoms with Crippen molar-refractivity contribution in [3.8, 4) is 0 Å². The van der Waals surface area contributed by atoms with E-state index in [1.54, 1.807) is 61.7 Å². The summed E-state index contributed by atoms with van der Waals surface area (Å²) in [6, 6.07) is 10.4. The number of aldehydes is 1. The second-order valence-corrected chi connectivity index (χ2v) is 14.5. The number of amides is 2. The number of rotatable bonds is 10. The SMILES string of the molecule is BC(B)(C=O)C(B)(B)C(O)(C(=O)NC)N1Cc2c(NCc3ccc(CN4CC(C)(C)OC(C)(C)C4)cc3F)cccc2C1=O. The number of anilines is 1. The Labute approximate surface area is 263 Å². The first kappa shape index (κ1) is 33.8. The predicted octanol–water partition coefficient (Wildman–Crippen LogP) is -0.819. The van der Waals surface area contributed by atoms with Gasteiger partial charge in [0.15, 0.2) is 0 Å². The molecule has 2 amide bonds. The fourth-order valence-electron chi connectivity index (χ4n) is 6.61. The average molecular weight is 602 g/mol. The van der Waals surface area contributed by atoms with Gasteiger partial charge in [-0.2, -0.15) is 0 Å². The second-order valence-electron chi connectivity index (χ2n) is 14.5. The molecular weight excluding hydrogens is 559 g/mol. The Morgan fingerprint density at radius 3 is 2.32 bits per heavy atom. The van der Waals surface area contributed by atoms with Crippen molar-refractivity contribution in [2.45, 2.75) is 74.7 Å². The number of likely N-dealkylation sites (N-methyl/N-ethyl adjacent to an activating group) is 1. The summed E-state index contributed by atoms with van der Waals surface area (Å²) in [6.07, 6.45) is 0.684. The summed E-state index contributed by atoms with van der Waals surface area (Å²) < 4.78 is 21.5. The molecule has 1 saturated heterocycles. The Balaban J connectivity index is 1.54. The van der Waals surface area contributed by atoms with Gasteiger partial charge in [-0.1, -0.05) is 18.2 Å². The number of nitrogens with one attached hydrogen (secondary N) is 2. The molecule has 2 aliphatic heterocycles. The standard InChI is InChI=1S/C30H43B4FN4O5/c1-26(2)15-38(16-27(3,4)44-26)13-18-9-10-19(22(35)11-18)12-37-23-8-6-7-20-21(23)14-39(24(20)41)29(43,25(42)36-5)30(33,34)28(31,32)17-40/h6-11,17,37,43H,12-16,31-34H2,1-5H3,(H,36,42). The van der Waals surface area contributed by atoms with Gasteiger partial charge in [0.1, 0.15) is 43.5 Å². The van der Waals surface area contributed by atoms with Gasteiger partial charge in [0, 0.05) is 55.6 Å². The van der Waals surface area contributed by atoms with E-state index in [4.69, 9.17) is 4.74 Å². The number of aliphatic hydroxyl groups is 1. The van der Waals surface area contributed by atoms with Gasteiger partial charge in [-0.25, -0.2) is 4.39 Å². The quantitative estimate of drug-likeness (QED) is 0.241. The topological polar surface area (TPSA) is 111 Å². The zero-order valence-electron chi connectivity index (χ0n) is 27.4. The van der Waals surface area contributed by atoms with E-state index in [1.165, 1.54) is 7.05 Å². The summed E-state index contributed by atoms with van der Waals surface area (Å²) in [5.41, 5.74) is -0.112. The maximum absolute atomic E-state index is 15.3. The van der Waals surface area contributed by atoms with E-state index in [0.29, 0.717) is 35.2 Å². The molecule has 1 unspecified atom stereocenters. The average Bonchev–Trinajstić information content (AvgIpc) is 3.26. The highest BCUT2D eigenvalue weighted by Gasteiger charge is 2.61. The first-order valence-corrected chi connectivity index (χ1v) is 15.1. The van der Waals surface area contributed by atoms with Gasteiger partial charge < -0.3 is 25.3 Å². The first-order valence-electron chi connectivity index (χ1n) is 15.1. The van der Waals surface area contributed by atoms with Gasteiger partial charge in [0.25, 0.3) is 11.8 Å². The lowest BCUT2D eigenvalue weighted by Crippen LogP contribution is -2.68. The maximum atomic E-state index is 15.3. The van der Waals surface area contributed by atoms with Crippen molar-refractivity contribution in [3.05, 3.63) is 64.5 Å². The highest BCUT2D eigenvalue weighted by atomic mass is 19.1. The zero-order valence-corrected chi connectivity index (χ0v) is 27.4. The largest absolute Gasteiger partial charge is 0.381 e. The number of fused-ring (bicyclic) bond motifs is 1. The number of carbonyl (C=O) groups is 3. The lowest BCUT2D eigenvalue weighted by Gasteiger charge is -2.52. The van der Waals surface area contributed by atoms with Crippen molar-refractivity contribution in [2.75, 3.05) is 25.5 Å². The monoisotopic (exact) mass is 602 g/mol. The summed E-state index contributed by atoms with van der Waals surface area (Å²) >= 11 is 0. The third-order valence-electron chi connectivity index (χ3n) is 9.43. The predicted molar refractivity (Wildman–Crippen MR) is 179 cm³/mol. The molecule has 14 heteroatoms. The molecule has 232 valence electrons. The van der Waals surface area contributed by atoms with Crippen molar-refractivity contribution in [1.82, 2.24) is 15.1 Å². The van der Waals surface area contributed by atoms with Crippen molar-refractivity contribution >= 4 is 55.2 Å². The molecule has 0 bridgehead atoms. The summed E-state index contributed by atoms with van der Waals surface area (Å²) in [7, 11) is 7.81. The molecular formula is C30H43B4FN4O5. The highest BCUT2D eigenvalue weighted by Crippen LogP contribution is 2.52. The number of benzene rings is 2. The van der Waals surface area contributed by atoms with Crippen LogP contribution in [0.2, 0.25) is 10.4 Å². The number of morpholine rings is 1. The second kappa shape index (κ2) is 11.7. The van der Waals surface area contributed by atoms with Crippen LogP contribution >= 0.6 is 0 Å². The molecule has 44 heavy (non-hydrogen) atoms. The Morgan fingerprint density at radius 1 is 1.11 bits per heavy atom. The molecule has 0 radical (unpaired) electrons. The van der Waals surface area contributed by atoms with Gasteiger partial charge in [-0.05, 0) is 61.9 Å². The molecule has 0 aromatic heterocycles. The molecule has 4 rings (SSSR count). The minimum Gasteiger partial charge on any atom is -0.381 e. The molecule has 1 fully saturated rings. The van der Waals surface area contributed by atoms with Gasteiger partial charge >= 0.3 is 0 Å². The lowest BCUT2D eigenvalue weighted by molar-refractivity contribution is -0.182. The maximum Gasteiger partial charge on any atom is 0.272 e. The van der Waals surface area contributed by atoms with Crippen LogP contribution in [0, 0.1) is 5.82 Å². The minimum absolute atomic E-state index is 0.0761. The van der Waals surface area contributed by atoms with E-state index >= 15 is 4.39 Å². The Morgan fingerprint density at radius 2 is 1.75 bits per heavy atom. The fourth-order valence-corrected chi connectivity index (χ4v) is 6.61. The molecule has 1 atom stereocenters. The van der Waals surface area contributed by atoms with Crippen molar-refractivity contribution < 1.29 is 28.6 Å². The van der Waals surface area contributed by atoms with Crippen molar-refractivity contribution in [2.24, 2.45) is 0 Å². The number of hydrogen-bond donors (Lipinski definition) is 3. The van der Waals surface area contributed by atoms with Gasteiger partial charge in [0.2, 0.25) is 5.72 Å².